The van der Waals surface area contributed by atoms with E-state index in [0.717, 1.165) is 18.4 Å². The van der Waals surface area contributed by atoms with Crippen molar-refractivity contribution < 1.29 is 13.2 Å². The zero-order chi connectivity index (χ0) is 15.9. The van der Waals surface area contributed by atoms with Gasteiger partial charge in [0.1, 0.15) is 0 Å². The van der Waals surface area contributed by atoms with Crippen molar-refractivity contribution in [1.82, 2.24) is 9.71 Å². The van der Waals surface area contributed by atoms with E-state index in [4.69, 9.17) is 4.74 Å². The molecule has 0 unspecified atom stereocenters. The number of hydrogen-bond donors (Lipinski definition) is 1. The van der Waals surface area contributed by atoms with Crippen LogP contribution in [0.25, 0.3) is 0 Å². The Hall–Kier alpha value is -1.14. The van der Waals surface area contributed by atoms with Gasteiger partial charge >= 0.3 is 0 Å². The summed E-state index contributed by atoms with van der Waals surface area (Å²) in [6, 6.07) is 3.54. The van der Waals surface area contributed by atoms with Gasteiger partial charge in [0.05, 0.1) is 11.9 Å². The van der Waals surface area contributed by atoms with Crippen LogP contribution in [0.15, 0.2) is 18.3 Å². The molecule has 21 heavy (non-hydrogen) atoms. The van der Waals surface area contributed by atoms with Gasteiger partial charge < -0.3 is 4.74 Å². The molecule has 1 rings (SSSR count). The van der Waals surface area contributed by atoms with E-state index in [0.29, 0.717) is 5.88 Å². The molecule has 0 aliphatic rings. The van der Waals surface area contributed by atoms with Gasteiger partial charge in [-0.25, -0.2) is 18.1 Å². The average molecular weight is 314 g/mol. The molecule has 0 radical (unpaired) electrons. The summed E-state index contributed by atoms with van der Waals surface area (Å²) < 4.78 is 32.1. The van der Waals surface area contributed by atoms with E-state index in [-0.39, 0.29) is 24.3 Å². The highest BCUT2D eigenvalue weighted by Gasteiger charge is 2.15. The number of nitrogens with zero attached hydrogens (tertiary/aromatic N) is 1. The maximum absolute atomic E-state index is 12.0. The van der Waals surface area contributed by atoms with Crippen LogP contribution in [0.3, 0.4) is 0 Å². The lowest BCUT2D eigenvalue weighted by atomic mass is 10.1. The second-order valence-corrected chi connectivity index (χ2v) is 7.52. The molecule has 0 aliphatic heterocycles. The van der Waals surface area contributed by atoms with Crippen LogP contribution in [0, 0.1) is 5.92 Å². The minimum absolute atomic E-state index is 0.0411. The second kappa shape index (κ2) is 8.34. The summed E-state index contributed by atoms with van der Waals surface area (Å²) >= 11 is 0. The minimum atomic E-state index is -3.25. The molecule has 0 aromatic carbocycles. The van der Waals surface area contributed by atoms with Crippen molar-refractivity contribution in [3.05, 3.63) is 23.9 Å². The molecule has 1 N–H and O–H groups in total. The Morgan fingerprint density at radius 1 is 1.33 bits per heavy atom. The fraction of sp³-hybridized carbons (Fsp3) is 0.667. The highest BCUT2D eigenvalue weighted by atomic mass is 32.2. The predicted octanol–water partition coefficient (Wildman–Crippen LogP) is 2.72. The van der Waals surface area contributed by atoms with Gasteiger partial charge in [-0.2, -0.15) is 0 Å². The summed E-state index contributed by atoms with van der Waals surface area (Å²) in [5.74, 6) is 0.854. The summed E-state index contributed by atoms with van der Waals surface area (Å²) in [4.78, 5) is 4.10. The topological polar surface area (TPSA) is 68.3 Å². The van der Waals surface area contributed by atoms with E-state index in [1.54, 1.807) is 18.3 Å². The first-order chi connectivity index (χ1) is 9.82. The Labute approximate surface area is 128 Å². The molecular weight excluding hydrogens is 288 g/mol. The molecular formula is C15H26N2O3S. The monoisotopic (exact) mass is 314 g/mol. The maximum Gasteiger partial charge on any atom is 0.213 e. The van der Waals surface area contributed by atoms with E-state index in [1.807, 2.05) is 20.8 Å². The third-order valence-electron chi connectivity index (χ3n) is 2.94. The molecule has 0 spiro atoms. The van der Waals surface area contributed by atoms with Crippen molar-refractivity contribution in [2.45, 2.75) is 53.2 Å². The van der Waals surface area contributed by atoms with Crippen LogP contribution in [0.5, 0.6) is 5.88 Å². The summed E-state index contributed by atoms with van der Waals surface area (Å²) in [7, 11) is -3.25. The summed E-state index contributed by atoms with van der Waals surface area (Å²) in [6.07, 6.45) is 3.58. The molecule has 120 valence electrons. The van der Waals surface area contributed by atoms with Gasteiger partial charge in [0.2, 0.25) is 15.9 Å². The zero-order valence-corrected chi connectivity index (χ0v) is 14.1. The van der Waals surface area contributed by atoms with Crippen LogP contribution < -0.4 is 9.46 Å². The molecule has 1 aromatic rings. The number of rotatable bonds is 9. The van der Waals surface area contributed by atoms with Gasteiger partial charge in [0.15, 0.2) is 0 Å². The Bertz CT molecular complexity index is 529. The third kappa shape index (κ3) is 7.43. The number of aromatic nitrogens is 1. The highest BCUT2D eigenvalue weighted by molar-refractivity contribution is 7.89. The van der Waals surface area contributed by atoms with E-state index in [1.165, 1.54) is 0 Å². The van der Waals surface area contributed by atoms with Crippen molar-refractivity contribution in [1.29, 1.82) is 0 Å². The molecule has 0 saturated carbocycles. The summed E-state index contributed by atoms with van der Waals surface area (Å²) in [6.45, 7) is 8.13. The van der Waals surface area contributed by atoms with Crippen molar-refractivity contribution in [3.63, 3.8) is 0 Å². The summed E-state index contributed by atoms with van der Waals surface area (Å²) in [5, 5.41) is 0. The maximum atomic E-state index is 12.0. The second-order valence-electron chi connectivity index (χ2n) is 5.67. The Morgan fingerprint density at radius 3 is 2.67 bits per heavy atom. The molecule has 0 aliphatic carbocycles. The highest BCUT2D eigenvalue weighted by Crippen LogP contribution is 2.12. The number of nitrogens with one attached hydrogen (secondary N) is 1. The predicted molar refractivity (Wildman–Crippen MR) is 84.7 cm³/mol. The first kappa shape index (κ1) is 17.9. The smallest absolute Gasteiger partial charge is 0.213 e. The van der Waals surface area contributed by atoms with Crippen LogP contribution in [0.2, 0.25) is 0 Å². The molecule has 5 nitrogen and oxygen atoms in total. The molecule has 0 bridgehead atoms. The number of ether oxygens (including phenoxy) is 1. The molecule has 1 heterocycles. The van der Waals surface area contributed by atoms with Gasteiger partial charge in [-0.15, -0.1) is 0 Å². The molecule has 0 saturated heterocycles. The van der Waals surface area contributed by atoms with Gasteiger partial charge in [-0.3, -0.25) is 0 Å². The lowest BCUT2D eigenvalue weighted by Gasteiger charge is -2.13. The van der Waals surface area contributed by atoms with Crippen LogP contribution in [-0.4, -0.2) is 25.3 Å². The van der Waals surface area contributed by atoms with E-state index < -0.39 is 10.0 Å². The van der Waals surface area contributed by atoms with Gasteiger partial charge in [-0.05, 0) is 37.8 Å². The van der Waals surface area contributed by atoms with Gasteiger partial charge in [0, 0.05) is 18.8 Å². The lowest BCUT2D eigenvalue weighted by molar-refractivity contribution is 0.232. The fourth-order valence-electron chi connectivity index (χ4n) is 2.07. The Morgan fingerprint density at radius 2 is 2.05 bits per heavy atom. The van der Waals surface area contributed by atoms with Crippen molar-refractivity contribution in [3.8, 4) is 5.88 Å². The van der Waals surface area contributed by atoms with Crippen molar-refractivity contribution in [2.75, 3.05) is 5.75 Å². The Kier molecular flexibility index (Phi) is 7.11. The van der Waals surface area contributed by atoms with Crippen molar-refractivity contribution >= 4 is 10.0 Å². The lowest BCUT2D eigenvalue weighted by Crippen LogP contribution is -2.28. The fourth-order valence-corrected chi connectivity index (χ4v) is 3.49. The Balaban J connectivity index is 2.58. The number of sulfonamides is 1. The first-order valence-electron chi connectivity index (χ1n) is 7.41. The molecule has 0 fully saturated rings. The average Bonchev–Trinajstić information content (AvgIpc) is 2.36. The van der Waals surface area contributed by atoms with Crippen LogP contribution in [0.4, 0.5) is 0 Å². The van der Waals surface area contributed by atoms with Gasteiger partial charge in [0.25, 0.3) is 0 Å². The molecule has 1 atom stereocenters. The number of pyridine rings is 1. The quantitative estimate of drug-likeness (QED) is 0.761. The first-order valence-corrected chi connectivity index (χ1v) is 9.06. The zero-order valence-electron chi connectivity index (χ0n) is 13.3. The number of hydrogen-bond acceptors (Lipinski definition) is 4. The standard InChI is InChI=1S/C15H26N2O3S/c1-5-6-13(4)11-21(18,19)17-10-14-7-8-16-15(9-14)20-12(2)3/h7-9,12-13,17H,5-6,10-11H2,1-4H3/t13-/m0/s1. The van der Waals surface area contributed by atoms with Gasteiger partial charge in [-0.1, -0.05) is 20.3 Å². The van der Waals surface area contributed by atoms with Crippen LogP contribution in [-0.2, 0) is 16.6 Å². The SMILES string of the molecule is CCC[C@H](C)CS(=O)(=O)NCc1ccnc(OC(C)C)c1. The molecule has 6 heteroatoms. The van der Waals surface area contributed by atoms with Crippen molar-refractivity contribution in [2.24, 2.45) is 5.92 Å². The third-order valence-corrected chi connectivity index (χ3v) is 4.53. The minimum Gasteiger partial charge on any atom is -0.475 e. The normalized spacial score (nSPS) is 13.4. The van der Waals surface area contributed by atoms with E-state index in [9.17, 15) is 8.42 Å². The van der Waals surface area contributed by atoms with E-state index in [2.05, 4.69) is 16.6 Å². The molecule has 0 amide bonds. The largest absolute Gasteiger partial charge is 0.475 e. The van der Waals surface area contributed by atoms with Crippen LogP contribution >= 0.6 is 0 Å². The van der Waals surface area contributed by atoms with Crippen LogP contribution in [0.1, 0.15) is 46.1 Å². The molecule has 1 aromatic heterocycles. The van der Waals surface area contributed by atoms with E-state index >= 15 is 0 Å². The summed E-state index contributed by atoms with van der Waals surface area (Å²) in [5.41, 5.74) is 0.840.